The quantitative estimate of drug-likeness (QED) is 0.616. The number of hydrogen-bond acceptors (Lipinski definition) is 4. The van der Waals surface area contributed by atoms with Crippen molar-refractivity contribution in [2.75, 3.05) is 12.8 Å². The van der Waals surface area contributed by atoms with Crippen molar-refractivity contribution in [3.05, 3.63) is 23.8 Å². The van der Waals surface area contributed by atoms with Gasteiger partial charge in [0.25, 0.3) is 15.9 Å². The molecular formula is C8H8N2O3S. The second-order valence-corrected chi connectivity index (χ2v) is 4.97. The van der Waals surface area contributed by atoms with E-state index in [2.05, 4.69) is 0 Å². The Morgan fingerprint density at radius 3 is 2.64 bits per heavy atom. The Morgan fingerprint density at radius 1 is 1.36 bits per heavy atom. The third kappa shape index (κ3) is 0.941. The van der Waals surface area contributed by atoms with E-state index in [1.807, 2.05) is 0 Å². The number of amides is 1. The van der Waals surface area contributed by atoms with Crippen molar-refractivity contribution in [3.63, 3.8) is 0 Å². The van der Waals surface area contributed by atoms with Gasteiger partial charge in [-0.2, -0.15) is 0 Å². The summed E-state index contributed by atoms with van der Waals surface area (Å²) >= 11 is 0. The molecule has 0 radical (unpaired) electrons. The standard InChI is InChI=1S/C8H8N2O3S/c1-10-8(11)6-3-2-5(9)4-7(6)14(10,12)13/h2-4H,9H2,1H3. The van der Waals surface area contributed by atoms with E-state index in [4.69, 9.17) is 5.73 Å². The number of carbonyl (C=O) groups is 1. The highest BCUT2D eigenvalue weighted by Gasteiger charge is 2.38. The first-order chi connectivity index (χ1) is 6.44. The molecule has 0 saturated heterocycles. The summed E-state index contributed by atoms with van der Waals surface area (Å²) in [7, 11) is -2.42. The largest absolute Gasteiger partial charge is 0.399 e. The summed E-state index contributed by atoms with van der Waals surface area (Å²) in [6.07, 6.45) is 0. The Bertz CT molecular complexity index is 521. The van der Waals surface area contributed by atoms with Gasteiger partial charge in [-0.3, -0.25) is 4.79 Å². The highest BCUT2D eigenvalue weighted by molar-refractivity contribution is 7.90. The molecule has 0 spiro atoms. The molecule has 0 bridgehead atoms. The fraction of sp³-hybridized carbons (Fsp3) is 0.125. The SMILES string of the molecule is CN1C(=O)c2ccc(N)cc2S1(=O)=O. The van der Waals surface area contributed by atoms with Gasteiger partial charge < -0.3 is 5.73 Å². The van der Waals surface area contributed by atoms with E-state index in [1.165, 1.54) is 25.2 Å². The van der Waals surface area contributed by atoms with Crippen molar-refractivity contribution in [2.45, 2.75) is 4.90 Å². The maximum absolute atomic E-state index is 11.6. The second kappa shape index (κ2) is 2.48. The number of fused-ring (bicyclic) bond motifs is 1. The highest BCUT2D eigenvalue weighted by Crippen LogP contribution is 2.29. The lowest BCUT2D eigenvalue weighted by Crippen LogP contribution is -2.24. The topological polar surface area (TPSA) is 80.5 Å². The van der Waals surface area contributed by atoms with Crippen LogP contribution >= 0.6 is 0 Å². The number of nitrogens with two attached hydrogens (primary N) is 1. The molecule has 74 valence electrons. The fourth-order valence-corrected chi connectivity index (χ4v) is 2.69. The number of anilines is 1. The fourth-order valence-electron chi connectivity index (χ4n) is 1.36. The third-order valence-electron chi connectivity index (χ3n) is 2.16. The number of sulfonamides is 1. The Morgan fingerprint density at radius 2 is 2.00 bits per heavy atom. The molecule has 1 aromatic carbocycles. The van der Waals surface area contributed by atoms with Gasteiger partial charge in [0, 0.05) is 12.7 Å². The molecule has 0 unspecified atom stereocenters. The van der Waals surface area contributed by atoms with Crippen LogP contribution in [0, 0.1) is 0 Å². The number of nitrogens with zero attached hydrogens (tertiary/aromatic N) is 1. The van der Waals surface area contributed by atoms with Crippen LogP contribution in [0.25, 0.3) is 0 Å². The number of benzene rings is 1. The van der Waals surface area contributed by atoms with Crippen LogP contribution in [0.4, 0.5) is 5.69 Å². The van der Waals surface area contributed by atoms with Crippen molar-refractivity contribution in [1.82, 2.24) is 4.31 Å². The van der Waals surface area contributed by atoms with Crippen LogP contribution in [0.5, 0.6) is 0 Å². The smallest absolute Gasteiger partial charge is 0.268 e. The van der Waals surface area contributed by atoms with Crippen LogP contribution < -0.4 is 5.73 Å². The minimum Gasteiger partial charge on any atom is -0.399 e. The minimum absolute atomic E-state index is 0.00926. The maximum Gasteiger partial charge on any atom is 0.268 e. The molecule has 0 aliphatic carbocycles. The van der Waals surface area contributed by atoms with Gasteiger partial charge in [-0.15, -0.1) is 0 Å². The molecule has 1 heterocycles. The first-order valence-electron chi connectivity index (χ1n) is 3.87. The van der Waals surface area contributed by atoms with E-state index >= 15 is 0 Å². The Hall–Kier alpha value is -1.56. The van der Waals surface area contributed by atoms with Gasteiger partial charge in [0.15, 0.2) is 0 Å². The maximum atomic E-state index is 11.6. The van der Waals surface area contributed by atoms with E-state index in [0.717, 1.165) is 4.31 Å². The summed E-state index contributed by atoms with van der Waals surface area (Å²) in [4.78, 5) is 11.4. The molecule has 0 fully saturated rings. The molecule has 5 nitrogen and oxygen atoms in total. The monoisotopic (exact) mass is 212 g/mol. The molecule has 1 aliphatic rings. The number of rotatable bonds is 0. The van der Waals surface area contributed by atoms with E-state index in [0.29, 0.717) is 5.69 Å². The Balaban J connectivity index is 2.82. The van der Waals surface area contributed by atoms with Crippen molar-refractivity contribution in [2.24, 2.45) is 0 Å². The molecule has 0 saturated carbocycles. The summed E-state index contributed by atoms with van der Waals surface area (Å²) in [5, 5.41) is 0. The molecular weight excluding hydrogens is 204 g/mol. The molecule has 6 heteroatoms. The van der Waals surface area contributed by atoms with E-state index in [1.54, 1.807) is 0 Å². The van der Waals surface area contributed by atoms with E-state index in [-0.39, 0.29) is 10.5 Å². The zero-order valence-corrected chi connectivity index (χ0v) is 8.21. The lowest BCUT2D eigenvalue weighted by Gasteiger charge is -2.05. The first kappa shape index (κ1) is 9.01. The third-order valence-corrected chi connectivity index (χ3v) is 3.94. The van der Waals surface area contributed by atoms with E-state index in [9.17, 15) is 13.2 Å². The van der Waals surface area contributed by atoms with Gasteiger partial charge in [0.2, 0.25) is 0 Å². The Labute approximate surface area is 81.2 Å². The van der Waals surface area contributed by atoms with Crippen molar-refractivity contribution >= 4 is 21.6 Å². The van der Waals surface area contributed by atoms with Crippen LogP contribution in [0.1, 0.15) is 10.4 Å². The van der Waals surface area contributed by atoms with Gasteiger partial charge in [-0.1, -0.05) is 0 Å². The van der Waals surface area contributed by atoms with Crippen LogP contribution in [0.2, 0.25) is 0 Å². The summed E-state index contributed by atoms with van der Waals surface area (Å²) in [6.45, 7) is 0. The van der Waals surface area contributed by atoms with Gasteiger partial charge in [-0.05, 0) is 18.2 Å². The summed E-state index contributed by atoms with van der Waals surface area (Å²) in [5.41, 5.74) is 5.96. The normalized spacial score (nSPS) is 18.4. The average molecular weight is 212 g/mol. The van der Waals surface area contributed by atoms with Crippen LogP contribution in [0.3, 0.4) is 0 Å². The summed E-state index contributed by atoms with van der Waals surface area (Å²) in [6, 6.07) is 4.23. The summed E-state index contributed by atoms with van der Waals surface area (Å²) in [5.74, 6) is -0.514. The molecule has 0 aromatic heterocycles. The van der Waals surface area contributed by atoms with Crippen LogP contribution in [0.15, 0.2) is 23.1 Å². The second-order valence-electron chi connectivity index (χ2n) is 3.03. The molecule has 1 aliphatic heterocycles. The molecule has 2 rings (SSSR count). The highest BCUT2D eigenvalue weighted by atomic mass is 32.2. The lowest BCUT2D eigenvalue weighted by molar-refractivity contribution is 0.0891. The number of carbonyl (C=O) groups excluding carboxylic acids is 1. The van der Waals surface area contributed by atoms with Crippen molar-refractivity contribution < 1.29 is 13.2 Å². The van der Waals surface area contributed by atoms with Crippen LogP contribution in [-0.4, -0.2) is 25.7 Å². The first-order valence-corrected chi connectivity index (χ1v) is 5.31. The van der Waals surface area contributed by atoms with Gasteiger partial charge in [-0.25, -0.2) is 12.7 Å². The predicted octanol–water partition coefficient (Wildman–Crippen LogP) is 0.0431. The van der Waals surface area contributed by atoms with Gasteiger partial charge in [0.1, 0.15) is 4.90 Å². The predicted molar refractivity (Wildman–Crippen MR) is 50.1 cm³/mol. The lowest BCUT2D eigenvalue weighted by atomic mass is 10.2. The molecule has 1 amide bonds. The zero-order chi connectivity index (χ0) is 10.5. The van der Waals surface area contributed by atoms with Crippen LogP contribution in [-0.2, 0) is 10.0 Å². The van der Waals surface area contributed by atoms with Gasteiger partial charge >= 0.3 is 0 Å². The molecule has 1 aromatic rings. The van der Waals surface area contributed by atoms with E-state index < -0.39 is 15.9 Å². The Kier molecular flexibility index (Phi) is 1.59. The average Bonchev–Trinajstić information content (AvgIpc) is 2.29. The number of hydrogen-bond donors (Lipinski definition) is 1. The summed E-state index contributed by atoms with van der Waals surface area (Å²) < 4.78 is 23.9. The van der Waals surface area contributed by atoms with Gasteiger partial charge in [0.05, 0.1) is 5.56 Å². The molecule has 14 heavy (non-hydrogen) atoms. The number of nitrogen functional groups attached to an aromatic ring is 1. The zero-order valence-electron chi connectivity index (χ0n) is 7.39. The minimum atomic E-state index is -3.65. The molecule has 2 N–H and O–H groups in total. The molecule has 0 atom stereocenters. The van der Waals surface area contributed by atoms with Crippen molar-refractivity contribution in [1.29, 1.82) is 0 Å². The van der Waals surface area contributed by atoms with Crippen molar-refractivity contribution in [3.8, 4) is 0 Å².